The van der Waals surface area contributed by atoms with Gasteiger partial charge in [-0.25, -0.2) is 8.93 Å². The predicted octanol–water partition coefficient (Wildman–Crippen LogP) is 7.60. The summed E-state index contributed by atoms with van der Waals surface area (Å²) >= 11 is 0. The third kappa shape index (κ3) is 6.36. The van der Waals surface area contributed by atoms with E-state index in [4.69, 9.17) is 0 Å². The lowest BCUT2D eigenvalue weighted by Crippen LogP contribution is -2.38. The van der Waals surface area contributed by atoms with E-state index in [2.05, 4.69) is 80.1 Å². The summed E-state index contributed by atoms with van der Waals surface area (Å²) < 4.78 is 16.6. The van der Waals surface area contributed by atoms with Crippen molar-refractivity contribution in [2.24, 2.45) is 0 Å². The molecule has 0 aromatic heterocycles. The minimum Gasteiger partial charge on any atom is -0.242 e. The van der Waals surface area contributed by atoms with E-state index in [9.17, 15) is 4.21 Å². The molecule has 2 nitrogen and oxygen atoms in total. The summed E-state index contributed by atoms with van der Waals surface area (Å²) in [6.07, 6.45) is 14.0. The van der Waals surface area contributed by atoms with Gasteiger partial charge in [-0.1, -0.05) is 101 Å². The summed E-state index contributed by atoms with van der Waals surface area (Å²) in [6, 6.07) is 19.8. The first kappa shape index (κ1) is 25.1. The van der Waals surface area contributed by atoms with Gasteiger partial charge in [-0.3, -0.25) is 0 Å². The molecule has 2 atom stereocenters. The van der Waals surface area contributed by atoms with E-state index >= 15 is 0 Å². The summed E-state index contributed by atoms with van der Waals surface area (Å²) in [7, 11) is -1.37. The molecule has 0 bridgehead atoms. The Morgan fingerprint density at radius 2 is 1.30 bits per heavy atom. The van der Waals surface area contributed by atoms with E-state index in [1.807, 2.05) is 0 Å². The molecule has 0 amide bonds. The maximum Gasteiger partial charge on any atom is 0.0979 e. The Hall–Kier alpha value is -1.02. The standard InChI is InChI=1S/C29H42NOPS/c1-29(2,3)33(31)30-28(23-15-7-4-8-16-23)26-21-13-14-22-27(26)32(24-17-9-5-10-18-24)25-19-11-6-12-20-25/h4,7-8,13-16,21-22,24-25,28,30H,5-6,9-12,17-20H2,1-3H3/t28-,33+/m0/s1. The maximum absolute atomic E-state index is 13.3. The van der Waals surface area contributed by atoms with Gasteiger partial charge >= 0.3 is 0 Å². The van der Waals surface area contributed by atoms with Crippen molar-refractivity contribution in [3.05, 3.63) is 65.7 Å². The van der Waals surface area contributed by atoms with Gasteiger partial charge in [0.15, 0.2) is 0 Å². The second kappa shape index (κ2) is 11.6. The minimum absolute atomic E-state index is 0.0420. The van der Waals surface area contributed by atoms with E-state index in [-0.39, 0.29) is 18.7 Å². The fraction of sp³-hybridized carbons (Fsp3) is 0.586. The highest BCUT2D eigenvalue weighted by atomic mass is 32.2. The predicted molar refractivity (Wildman–Crippen MR) is 146 cm³/mol. The Morgan fingerprint density at radius 3 is 1.85 bits per heavy atom. The zero-order valence-corrected chi connectivity index (χ0v) is 22.5. The average molecular weight is 484 g/mol. The minimum atomic E-state index is -1.14. The normalized spacial score (nSPS) is 20.6. The topological polar surface area (TPSA) is 29.1 Å². The molecule has 0 spiro atoms. The highest BCUT2D eigenvalue weighted by Crippen LogP contribution is 2.56. The monoisotopic (exact) mass is 483 g/mol. The van der Waals surface area contributed by atoms with Crippen LogP contribution in [0.3, 0.4) is 0 Å². The van der Waals surface area contributed by atoms with Crippen molar-refractivity contribution in [2.75, 3.05) is 0 Å². The van der Waals surface area contributed by atoms with Crippen LogP contribution in [-0.4, -0.2) is 20.3 Å². The lowest BCUT2D eigenvalue weighted by Gasteiger charge is -2.40. The van der Waals surface area contributed by atoms with Gasteiger partial charge in [0.2, 0.25) is 0 Å². The quantitative estimate of drug-likeness (QED) is 0.404. The molecule has 4 rings (SSSR count). The van der Waals surface area contributed by atoms with Crippen LogP contribution in [0.5, 0.6) is 0 Å². The van der Waals surface area contributed by atoms with Gasteiger partial charge in [-0.2, -0.15) is 0 Å². The summed E-state index contributed by atoms with van der Waals surface area (Å²) in [6.45, 7) is 6.17. The molecule has 2 aromatic carbocycles. The number of nitrogens with one attached hydrogen (secondary N) is 1. The molecule has 2 saturated carbocycles. The molecule has 2 aliphatic rings. The molecule has 0 saturated heterocycles. The Morgan fingerprint density at radius 1 is 0.788 bits per heavy atom. The van der Waals surface area contributed by atoms with Crippen molar-refractivity contribution < 1.29 is 4.21 Å². The Balaban J connectivity index is 1.77. The largest absolute Gasteiger partial charge is 0.242 e. The highest BCUT2D eigenvalue weighted by molar-refractivity contribution is 7.84. The summed E-state index contributed by atoms with van der Waals surface area (Å²) in [5.41, 5.74) is 4.28. The molecule has 0 radical (unpaired) electrons. The first-order chi connectivity index (χ1) is 15.9. The molecule has 1 N–H and O–H groups in total. The first-order valence-electron chi connectivity index (χ1n) is 13.1. The van der Waals surface area contributed by atoms with Crippen molar-refractivity contribution >= 4 is 24.2 Å². The zero-order chi connectivity index (χ0) is 23.3. The summed E-state index contributed by atoms with van der Waals surface area (Å²) in [4.78, 5) is 0. The van der Waals surface area contributed by atoms with Gasteiger partial charge in [-0.05, 0) is 74.2 Å². The maximum atomic E-state index is 13.3. The second-order valence-electron chi connectivity index (χ2n) is 10.9. The van der Waals surface area contributed by atoms with E-state index in [0.29, 0.717) is 0 Å². The zero-order valence-electron chi connectivity index (χ0n) is 20.8. The smallest absolute Gasteiger partial charge is 0.0979 e. The molecule has 2 aromatic rings. The second-order valence-corrected chi connectivity index (χ2v) is 15.6. The van der Waals surface area contributed by atoms with Crippen molar-refractivity contribution in [1.29, 1.82) is 0 Å². The lowest BCUT2D eigenvalue weighted by molar-refractivity contribution is 0.487. The van der Waals surface area contributed by atoms with E-state index < -0.39 is 11.0 Å². The van der Waals surface area contributed by atoms with Crippen LogP contribution in [0.4, 0.5) is 0 Å². The van der Waals surface area contributed by atoms with Crippen LogP contribution < -0.4 is 10.0 Å². The van der Waals surface area contributed by atoms with Crippen molar-refractivity contribution in [2.45, 2.75) is 107 Å². The SMILES string of the molecule is CC(C)(C)[S@@](=O)N[C@@H](c1ccccc1)c1ccccc1P(C1CCCCC1)C1CCCCC1. The molecule has 180 valence electrons. The molecule has 2 fully saturated rings. The van der Waals surface area contributed by atoms with E-state index in [1.54, 1.807) is 5.30 Å². The number of rotatable bonds is 7. The van der Waals surface area contributed by atoms with Crippen LogP contribution in [0.2, 0.25) is 0 Å². The van der Waals surface area contributed by atoms with Gasteiger partial charge in [0, 0.05) is 0 Å². The third-order valence-electron chi connectivity index (χ3n) is 7.38. The Kier molecular flexibility index (Phi) is 8.82. The van der Waals surface area contributed by atoms with Crippen LogP contribution in [-0.2, 0) is 11.0 Å². The highest BCUT2D eigenvalue weighted by Gasteiger charge is 2.35. The molecule has 0 unspecified atom stereocenters. The van der Waals surface area contributed by atoms with Gasteiger partial charge in [-0.15, -0.1) is 0 Å². The fourth-order valence-electron chi connectivity index (χ4n) is 5.62. The third-order valence-corrected chi connectivity index (χ3v) is 12.5. The molecule has 0 heterocycles. The Labute approximate surface area is 205 Å². The molecule has 0 aliphatic heterocycles. The van der Waals surface area contributed by atoms with Crippen molar-refractivity contribution in [1.82, 2.24) is 4.72 Å². The fourth-order valence-corrected chi connectivity index (χ4v) is 10.4. The molecule has 4 heteroatoms. The van der Waals surface area contributed by atoms with Crippen LogP contribution in [0.25, 0.3) is 0 Å². The summed E-state index contributed by atoms with van der Waals surface area (Å²) in [5.74, 6) is 0. The first-order valence-corrected chi connectivity index (χ1v) is 15.7. The lowest BCUT2D eigenvalue weighted by atomic mass is 9.99. The van der Waals surface area contributed by atoms with E-state index in [0.717, 1.165) is 11.3 Å². The van der Waals surface area contributed by atoms with Gasteiger partial charge in [0.25, 0.3) is 0 Å². The van der Waals surface area contributed by atoms with Crippen LogP contribution in [0.15, 0.2) is 54.6 Å². The number of hydrogen-bond acceptors (Lipinski definition) is 1. The van der Waals surface area contributed by atoms with Gasteiger partial charge < -0.3 is 0 Å². The van der Waals surface area contributed by atoms with E-state index in [1.165, 1.54) is 75.3 Å². The molecular weight excluding hydrogens is 441 g/mol. The van der Waals surface area contributed by atoms with Crippen LogP contribution in [0, 0.1) is 0 Å². The van der Waals surface area contributed by atoms with Crippen LogP contribution >= 0.6 is 7.92 Å². The molecule has 33 heavy (non-hydrogen) atoms. The Bertz CT molecular complexity index is 879. The van der Waals surface area contributed by atoms with Crippen LogP contribution in [0.1, 0.15) is 102 Å². The number of hydrogen-bond donors (Lipinski definition) is 1. The van der Waals surface area contributed by atoms with Gasteiger partial charge in [0.1, 0.15) is 0 Å². The summed E-state index contributed by atoms with van der Waals surface area (Å²) in [5, 5.41) is 1.58. The van der Waals surface area contributed by atoms with Gasteiger partial charge in [0.05, 0.1) is 21.8 Å². The van der Waals surface area contributed by atoms with Crippen molar-refractivity contribution in [3.8, 4) is 0 Å². The van der Waals surface area contributed by atoms with Crippen molar-refractivity contribution in [3.63, 3.8) is 0 Å². The molecule has 2 aliphatic carbocycles. The number of benzene rings is 2. The molecular formula is C29H42NOPS. The average Bonchev–Trinajstić information content (AvgIpc) is 2.84.